The third kappa shape index (κ3) is 3.48. The highest BCUT2D eigenvalue weighted by molar-refractivity contribution is 5.67. The molecule has 1 fully saturated rings. The molecule has 2 N–H and O–H groups in total. The second kappa shape index (κ2) is 5.67. The summed E-state index contributed by atoms with van der Waals surface area (Å²) in [6.45, 7) is 4.13. The van der Waals surface area contributed by atoms with Crippen LogP contribution in [0.15, 0.2) is 0 Å². The zero-order valence-electron chi connectivity index (χ0n) is 10.8. The molecule has 0 saturated heterocycles. The molecule has 0 aromatic carbocycles. The third-order valence-electron chi connectivity index (χ3n) is 3.88. The Hall–Kier alpha value is -0.570. The normalized spacial score (nSPS) is 20.7. The van der Waals surface area contributed by atoms with Gasteiger partial charge in [-0.05, 0) is 31.2 Å². The molecule has 0 aromatic heterocycles. The van der Waals surface area contributed by atoms with Crippen molar-refractivity contribution in [2.45, 2.75) is 58.4 Å². The van der Waals surface area contributed by atoms with Crippen molar-refractivity contribution in [3.05, 3.63) is 0 Å². The fourth-order valence-corrected chi connectivity index (χ4v) is 3.23. The second-order valence-corrected chi connectivity index (χ2v) is 5.72. The topological polar surface area (TPSA) is 49.3 Å². The molecule has 0 bridgehead atoms. The molecule has 1 unspecified atom stereocenters. The van der Waals surface area contributed by atoms with Gasteiger partial charge in [0.15, 0.2) is 0 Å². The van der Waals surface area contributed by atoms with Crippen molar-refractivity contribution in [2.24, 2.45) is 11.3 Å². The summed E-state index contributed by atoms with van der Waals surface area (Å²) in [5.41, 5.74) is -0.164. The molecular formula is C13H25NO2. The molecule has 1 atom stereocenters. The first-order valence-electron chi connectivity index (χ1n) is 6.36. The van der Waals surface area contributed by atoms with Gasteiger partial charge in [-0.3, -0.25) is 4.79 Å². The molecule has 0 aliphatic heterocycles. The quantitative estimate of drug-likeness (QED) is 0.759. The lowest BCUT2D eigenvalue weighted by Crippen LogP contribution is -2.47. The highest BCUT2D eigenvalue weighted by atomic mass is 16.4. The summed E-state index contributed by atoms with van der Waals surface area (Å²) in [6, 6.07) is 0.323. The molecule has 94 valence electrons. The fourth-order valence-electron chi connectivity index (χ4n) is 3.23. The summed E-state index contributed by atoms with van der Waals surface area (Å²) in [5.74, 6) is -0.0471. The minimum absolute atomic E-state index is 0.164. The summed E-state index contributed by atoms with van der Waals surface area (Å²) in [6.07, 6.45) is 6.67. The van der Waals surface area contributed by atoms with Gasteiger partial charge in [-0.1, -0.05) is 33.1 Å². The van der Waals surface area contributed by atoms with Gasteiger partial charge in [0.05, 0.1) is 6.42 Å². The lowest BCUT2D eigenvalue weighted by molar-refractivity contribution is -0.140. The molecule has 1 saturated carbocycles. The Kier molecular flexibility index (Phi) is 4.78. The molecular weight excluding hydrogens is 202 g/mol. The first kappa shape index (κ1) is 13.5. The molecule has 0 heterocycles. The minimum Gasteiger partial charge on any atom is -0.481 e. The maximum Gasteiger partial charge on any atom is 0.303 e. The van der Waals surface area contributed by atoms with E-state index in [0.29, 0.717) is 12.0 Å². The van der Waals surface area contributed by atoms with Crippen molar-refractivity contribution in [1.29, 1.82) is 0 Å². The number of carbonyl (C=O) groups is 1. The summed E-state index contributed by atoms with van der Waals surface area (Å²) in [4.78, 5) is 10.9. The maximum atomic E-state index is 10.9. The van der Waals surface area contributed by atoms with Crippen LogP contribution in [0.5, 0.6) is 0 Å². The van der Waals surface area contributed by atoms with Crippen LogP contribution in [-0.4, -0.2) is 24.2 Å². The predicted molar refractivity (Wildman–Crippen MR) is 65.5 cm³/mol. The van der Waals surface area contributed by atoms with Crippen molar-refractivity contribution < 1.29 is 9.90 Å². The number of nitrogens with one attached hydrogen (secondary N) is 1. The van der Waals surface area contributed by atoms with Crippen molar-refractivity contribution >= 4 is 5.97 Å². The summed E-state index contributed by atoms with van der Waals surface area (Å²) >= 11 is 0. The molecule has 3 heteroatoms. The molecule has 0 spiro atoms. The SMILES string of the molecule is CNC(C1CCCCC1)C(C)(C)CC(=O)O. The average Bonchev–Trinajstić information content (AvgIpc) is 2.17. The summed E-state index contributed by atoms with van der Waals surface area (Å²) < 4.78 is 0. The van der Waals surface area contributed by atoms with Gasteiger partial charge in [-0.2, -0.15) is 0 Å². The molecule has 0 aromatic rings. The van der Waals surface area contributed by atoms with E-state index in [9.17, 15) is 4.79 Å². The molecule has 1 aliphatic rings. The summed E-state index contributed by atoms with van der Waals surface area (Å²) in [5, 5.41) is 12.3. The van der Waals surface area contributed by atoms with Crippen LogP contribution in [-0.2, 0) is 4.79 Å². The van der Waals surface area contributed by atoms with Gasteiger partial charge in [0.25, 0.3) is 0 Å². The molecule has 0 amide bonds. The van der Waals surface area contributed by atoms with Gasteiger partial charge in [0, 0.05) is 6.04 Å². The van der Waals surface area contributed by atoms with Crippen molar-refractivity contribution in [3.8, 4) is 0 Å². The molecule has 16 heavy (non-hydrogen) atoms. The Morgan fingerprint density at radius 1 is 1.38 bits per heavy atom. The van der Waals surface area contributed by atoms with E-state index in [2.05, 4.69) is 19.2 Å². The van der Waals surface area contributed by atoms with E-state index in [1.807, 2.05) is 7.05 Å². The molecule has 1 rings (SSSR count). The molecule has 1 aliphatic carbocycles. The van der Waals surface area contributed by atoms with Gasteiger partial charge < -0.3 is 10.4 Å². The highest BCUT2D eigenvalue weighted by Crippen LogP contribution is 2.36. The number of hydrogen-bond acceptors (Lipinski definition) is 2. The van der Waals surface area contributed by atoms with E-state index in [0.717, 1.165) is 0 Å². The van der Waals surface area contributed by atoms with Crippen LogP contribution in [0.25, 0.3) is 0 Å². The van der Waals surface area contributed by atoms with Crippen LogP contribution >= 0.6 is 0 Å². The highest BCUT2D eigenvalue weighted by Gasteiger charge is 2.36. The zero-order chi connectivity index (χ0) is 12.2. The van der Waals surface area contributed by atoms with Gasteiger partial charge in [0.1, 0.15) is 0 Å². The number of hydrogen-bond donors (Lipinski definition) is 2. The summed E-state index contributed by atoms with van der Waals surface area (Å²) in [7, 11) is 1.96. The van der Waals surface area contributed by atoms with Crippen LogP contribution in [0.2, 0.25) is 0 Å². The van der Waals surface area contributed by atoms with Gasteiger partial charge in [0.2, 0.25) is 0 Å². The van der Waals surface area contributed by atoms with E-state index >= 15 is 0 Å². The number of rotatable bonds is 5. The Balaban J connectivity index is 2.66. The van der Waals surface area contributed by atoms with Crippen LogP contribution < -0.4 is 5.32 Å². The number of carboxylic acids is 1. The first-order valence-corrected chi connectivity index (χ1v) is 6.36. The van der Waals surface area contributed by atoms with Crippen molar-refractivity contribution in [3.63, 3.8) is 0 Å². The van der Waals surface area contributed by atoms with Gasteiger partial charge in [-0.15, -0.1) is 0 Å². The van der Waals surface area contributed by atoms with E-state index in [1.54, 1.807) is 0 Å². The standard InChI is InChI=1S/C13H25NO2/c1-13(2,9-11(15)16)12(14-3)10-7-5-4-6-8-10/h10,12,14H,4-9H2,1-3H3,(H,15,16). The molecule has 3 nitrogen and oxygen atoms in total. The molecule has 0 radical (unpaired) electrons. The van der Waals surface area contributed by atoms with Crippen molar-refractivity contribution in [1.82, 2.24) is 5.32 Å². The van der Waals surface area contributed by atoms with E-state index < -0.39 is 5.97 Å². The van der Waals surface area contributed by atoms with Crippen LogP contribution in [0, 0.1) is 11.3 Å². The van der Waals surface area contributed by atoms with E-state index in [4.69, 9.17) is 5.11 Å². The minimum atomic E-state index is -0.693. The van der Waals surface area contributed by atoms with Crippen LogP contribution in [0.1, 0.15) is 52.4 Å². The fraction of sp³-hybridized carbons (Fsp3) is 0.923. The Labute approximate surface area is 98.6 Å². The smallest absolute Gasteiger partial charge is 0.303 e. The lowest BCUT2D eigenvalue weighted by atomic mass is 9.70. The number of aliphatic carboxylic acids is 1. The lowest BCUT2D eigenvalue weighted by Gasteiger charge is -2.40. The number of carboxylic acid groups (broad SMARTS) is 1. The Morgan fingerprint density at radius 2 is 1.94 bits per heavy atom. The van der Waals surface area contributed by atoms with E-state index in [-0.39, 0.29) is 11.8 Å². The predicted octanol–water partition coefficient (Wildman–Crippen LogP) is 2.66. The largest absolute Gasteiger partial charge is 0.481 e. The van der Waals surface area contributed by atoms with Crippen molar-refractivity contribution in [2.75, 3.05) is 7.05 Å². The maximum absolute atomic E-state index is 10.9. The third-order valence-corrected chi connectivity index (χ3v) is 3.88. The zero-order valence-corrected chi connectivity index (χ0v) is 10.8. The average molecular weight is 227 g/mol. The van der Waals surface area contributed by atoms with Crippen LogP contribution in [0.4, 0.5) is 0 Å². The Morgan fingerprint density at radius 3 is 2.38 bits per heavy atom. The monoisotopic (exact) mass is 227 g/mol. The van der Waals surface area contributed by atoms with Gasteiger partial charge in [-0.25, -0.2) is 0 Å². The Bertz CT molecular complexity index is 232. The van der Waals surface area contributed by atoms with E-state index in [1.165, 1.54) is 32.1 Å². The second-order valence-electron chi connectivity index (χ2n) is 5.72. The van der Waals surface area contributed by atoms with Crippen LogP contribution in [0.3, 0.4) is 0 Å². The first-order chi connectivity index (χ1) is 7.47. The van der Waals surface area contributed by atoms with Gasteiger partial charge >= 0.3 is 5.97 Å².